The summed E-state index contributed by atoms with van der Waals surface area (Å²) in [5.41, 5.74) is 3.36. The first kappa shape index (κ1) is 23.5. The Labute approximate surface area is 192 Å². The zero-order valence-corrected chi connectivity index (χ0v) is 19.4. The summed E-state index contributed by atoms with van der Waals surface area (Å²) in [4.78, 5) is 29.5. The van der Waals surface area contributed by atoms with Crippen LogP contribution < -0.4 is 10.1 Å². The van der Waals surface area contributed by atoms with Crippen LogP contribution in [0.2, 0.25) is 0 Å². The summed E-state index contributed by atoms with van der Waals surface area (Å²) < 4.78 is 10.2. The highest BCUT2D eigenvalue weighted by molar-refractivity contribution is 7.15. The van der Waals surface area contributed by atoms with Gasteiger partial charge in [-0.25, -0.2) is 4.98 Å². The van der Waals surface area contributed by atoms with Gasteiger partial charge in [0.1, 0.15) is 4.88 Å². The van der Waals surface area contributed by atoms with Crippen LogP contribution in [0.25, 0.3) is 11.1 Å². The third kappa shape index (κ3) is 6.40. The second-order valence-electron chi connectivity index (χ2n) is 7.52. The molecule has 1 amide bonds. The Kier molecular flexibility index (Phi) is 8.39. The fraction of sp³-hybridized carbons (Fsp3) is 0.320. The molecule has 2 atom stereocenters. The van der Waals surface area contributed by atoms with Gasteiger partial charge in [0.2, 0.25) is 0 Å². The summed E-state index contributed by atoms with van der Waals surface area (Å²) >= 11 is 1.19. The molecule has 7 heteroatoms. The smallest absolute Gasteiger partial charge is 0.308 e. The molecule has 0 saturated carbocycles. The lowest BCUT2D eigenvalue weighted by molar-refractivity contribution is -0.147. The van der Waals surface area contributed by atoms with E-state index in [2.05, 4.69) is 46.7 Å². The third-order valence-corrected chi connectivity index (χ3v) is 6.05. The van der Waals surface area contributed by atoms with Gasteiger partial charge in [-0.1, -0.05) is 72.9 Å². The van der Waals surface area contributed by atoms with E-state index in [1.807, 2.05) is 25.1 Å². The lowest BCUT2D eigenvalue weighted by Crippen LogP contribution is -2.38. The van der Waals surface area contributed by atoms with Gasteiger partial charge >= 0.3 is 5.97 Å². The molecule has 1 heterocycles. The fourth-order valence-electron chi connectivity index (χ4n) is 3.46. The zero-order chi connectivity index (χ0) is 22.9. The number of hydrogen-bond acceptors (Lipinski definition) is 6. The van der Waals surface area contributed by atoms with Crippen molar-refractivity contribution in [3.8, 4) is 16.3 Å². The van der Waals surface area contributed by atoms with E-state index in [9.17, 15) is 9.59 Å². The molecule has 0 spiro atoms. The Bertz CT molecular complexity index is 1020. The molecule has 2 aromatic carbocycles. The number of carbonyl (C=O) groups excluding carboxylic acids is 2. The maximum absolute atomic E-state index is 12.8. The summed E-state index contributed by atoms with van der Waals surface area (Å²) in [5.74, 6) is -0.821. The van der Waals surface area contributed by atoms with Crippen molar-refractivity contribution in [2.24, 2.45) is 5.92 Å². The topological polar surface area (TPSA) is 77.5 Å². The Morgan fingerprint density at radius 2 is 1.75 bits per heavy atom. The van der Waals surface area contributed by atoms with Gasteiger partial charge < -0.3 is 14.8 Å². The minimum absolute atomic E-state index is 0.229. The summed E-state index contributed by atoms with van der Waals surface area (Å²) in [6.07, 6.45) is 2.57. The quantitative estimate of drug-likeness (QED) is 0.449. The molecule has 1 unspecified atom stereocenters. The van der Waals surface area contributed by atoms with Crippen molar-refractivity contribution in [2.45, 2.75) is 32.7 Å². The summed E-state index contributed by atoms with van der Waals surface area (Å²) in [5, 5.41) is 3.49. The molecule has 32 heavy (non-hydrogen) atoms. The number of nitrogens with one attached hydrogen (secondary N) is 1. The van der Waals surface area contributed by atoms with Crippen LogP contribution in [0.3, 0.4) is 0 Å². The van der Waals surface area contributed by atoms with E-state index in [1.54, 1.807) is 6.92 Å². The van der Waals surface area contributed by atoms with E-state index in [-0.39, 0.29) is 23.8 Å². The SMILES string of the molecule is CCOC(=O)[C@H](C)CC(Cc1ccc(-c2ccccc2)cc1)NC(=O)c1cnc(OC)s1. The second kappa shape index (κ2) is 11.4. The number of thiazole rings is 1. The van der Waals surface area contributed by atoms with E-state index in [1.165, 1.54) is 24.6 Å². The monoisotopic (exact) mass is 452 g/mol. The van der Waals surface area contributed by atoms with Gasteiger partial charge in [-0.3, -0.25) is 9.59 Å². The van der Waals surface area contributed by atoms with Crippen molar-refractivity contribution in [3.05, 3.63) is 71.2 Å². The molecular formula is C25H28N2O4S. The molecule has 3 rings (SSSR count). The number of amides is 1. The van der Waals surface area contributed by atoms with Gasteiger partial charge in [0.25, 0.3) is 11.1 Å². The predicted molar refractivity (Wildman–Crippen MR) is 126 cm³/mol. The van der Waals surface area contributed by atoms with Crippen LogP contribution >= 0.6 is 11.3 Å². The molecular weight excluding hydrogens is 424 g/mol. The minimum Gasteiger partial charge on any atom is -0.473 e. The van der Waals surface area contributed by atoms with Gasteiger partial charge in [0, 0.05) is 6.04 Å². The van der Waals surface area contributed by atoms with E-state index in [0.29, 0.717) is 29.5 Å². The normalized spacial score (nSPS) is 12.6. The molecule has 0 bridgehead atoms. The number of nitrogens with zero attached hydrogens (tertiary/aromatic N) is 1. The average Bonchev–Trinajstić information content (AvgIpc) is 3.30. The number of benzene rings is 2. The van der Waals surface area contributed by atoms with Crippen LogP contribution in [-0.2, 0) is 16.0 Å². The number of aromatic nitrogens is 1. The van der Waals surface area contributed by atoms with Crippen LogP contribution in [0.15, 0.2) is 60.8 Å². The molecule has 0 aliphatic rings. The molecule has 6 nitrogen and oxygen atoms in total. The highest BCUT2D eigenvalue weighted by atomic mass is 32.1. The summed E-state index contributed by atoms with van der Waals surface area (Å²) in [6, 6.07) is 18.2. The third-order valence-electron chi connectivity index (χ3n) is 5.09. The molecule has 0 aliphatic heterocycles. The average molecular weight is 453 g/mol. The fourth-order valence-corrected chi connectivity index (χ4v) is 4.10. The summed E-state index contributed by atoms with van der Waals surface area (Å²) in [7, 11) is 1.52. The first-order valence-electron chi connectivity index (χ1n) is 10.6. The Hall–Kier alpha value is -3.19. The number of ether oxygens (including phenoxy) is 2. The highest BCUT2D eigenvalue weighted by Crippen LogP contribution is 2.22. The van der Waals surface area contributed by atoms with Crippen LogP contribution in [0.1, 0.15) is 35.5 Å². The van der Waals surface area contributed by atoms with Crippen molar-refractivity contribution >= 4 is 23.2 Å². The Morgan fingerprint density at radius 3 is 2.38 bits per heavy atom. The number of esters is 1. The van der Waals surface area contributed by atoms with Gasteiger partial charge in [0.15, 0.2) is 0 Å². The predicted octanol–water partition coefficient (Wildman–Crippen LogP) is 4.75. The molecule has 3 aromatic rings. The Balaban J connectivity index is 1.73. The van der Waals surface area contributed by atoms with Crippen LogP contribution in [-0.4, -0.2) is 36.6 Å². The molecule has 1 aromatic heterocycles. The van der Waals surface area contributed by atoms with E-state index < -0.39 is 0 Å². The first-order chi connectivity index (χ1) is 15.5. The molecule has 0 aliphatic carbocycles. The van der Waals surface area contributed by atoms with Crippen molar-refractivity contribution in [3.63, 3.8) is 0 Å². The summed E-state index contributed by atoms with van der Waals surface area (Å²) in [6.45, 7) is 3.95. The number of carbonyl (C=O) groups is 2. The van der Waals surface area contributed by atoms with Crippen LogP contribution in [0.4, 0.5) is 0 Å². The van der Waals surface area contributed by atoms with Crippen LogP contribution in [0, 0.1) is 5.92 Å². The molecule has 0 fully saturated rings. The number of rotatable bonds is 10. The Morgan fingerprint density at radius 1 is 1.06 bits per heavy atom. The van der Waals surface area contributed by atoms with Gasteiger partial charge in [-0.2, -0.15) is 0 Å². The molecule has 0 saturated heterocycles. The maximum Gasteiger partial charge on any atom is 0.308 e. The lowest BCUT2D eigenvalue weighted by Gasteiger charge is -2.21. The lowest BCUT2D eigenvalue weighted by atomic mass is 9.95. The van der Waals surface area contributed by atoms with Crippen molar-refractivity contribution in [1.82, 2.24) is 10.3 Å². The zero-order valence-electron chi connectivity index (χ0n) is 18.5. The van der Waals surface area contributed by atoms with Crippen molar-refractivity contribution in [1.29, 1.82) is 0 Å². The standard InChI is InChI=1S/C25H28N2O4S/c1-4-31-24(29)17(2)14-21(27-23(28)22-16-26-25(30-3)32-22)15-18-10-12-20(13-11-18)19-8-6-5-7-9-19/h5-13,16-17,21H,4,14-15H2,1-3H3,(H,27,28)/t17-,21?/m1/s1. The first-order valence-corrected chi connectivity index (χ1v) is 11.4. The van der Waals surface area contributed by atoms with Gasteiger partial charge in [0.05, 0.1) is 25.8 Å². The molecule has 1 N–H and O–H groups in total. The molecule has 168 valence electrons. The highest BCUT2D eigenvalue weighted by Gasteiger charge is 2.23. The minimum atomic E-state index is -0.333. The maximum atomic E-state index is 12.8. The van der Waals surface area contributed by atoms with Crippen LogP contribution in [0.5, 0.6) is 5.19 Å². The number of hydrogen-bond donors (Lipinski definition) is 1. The number of methoxy groups -OCH3 is 1. The van der Waals surface area contributed by atoms with E-state index in [0.717, 1.165) is 16.7 Å². The largest absolute Gasteiger partial charge is 0.473 e. The van der Waals surface area contributed by atoms with Crippen molar-refractivity contribution in [2.75, 3.05) is 13.7 Å². The van der Waals surface area contributed by atoms with E-state index in [4.69, 9.17) is 9.47 Å². The molecule has 0 radical (unpaired) electrons. The van der Waals surface area contributed by atoms with Gasteiger partial charge in [-0.15, -0.1) is 0 Å². The van der Waals surface area contributed by atoms with Gasteiger partial charge in [-0.05, 0) is 36.5 Å². The second-order valence-corrected chi connectivity index (χ2v) is 8.51. The van der Waals surface area contributed by atoms with Crippen molar-refractivity contribution < 1.29 is 19.1 Å². The van der Waals surface area contributed by atoms with E-state index >= 15 is 0 Å².